The summed E-state index contributed by atoms with van der Waals surface area (Å²) in [7, 11) is 0. The first-order valence-corrected chi connectivity index (χ1v) is 7.82. The molecule has 0 atom stereocenters. The molecule has 0 N–H and O–H groups in total. The van der Waals surface area contributed by atoms with Gasteiger partial charge in [-0.25, -0.2) is 0 Å². The van der Waals surface area contributed by atoms with Gasteiger partial charge in [-0.3, -0.25) is 9.59 Å². The van der Waals surface area contributed by atoms with Crippen molar-refractivity contribution in [3.8, 4) is 5.75 Å². The maximum atomic E-state index is 12.7. The molecule has 6 heteroatoms. The van der Waals surface area contributed by atoms with Crippen molar-refractivity contribution in [3.63, 3.8) is 0 Å². The summed E-state index contributed by atoms with van der Waals surface area (Å²) < 4.78 is 5.54. The standard InChI is InChI=1S/C17H19N2O4/c1-2-22-15-6-4-3-5-14(15)16(21)19-9-7-17(8-10-19)11-13(12-20)18-23-17/h3-6H,2,7-11H2,1H3. The maximum absolute atomic E-state index is 12.7. The Kier molecular flexibility index (Phi) is 4.32. The highest BCUT2D eigenvalue weighted by Crippen LogP contribution is 2.35. The summed E-state index contributed by atoms with van der Waals surface area (Å²) in [6.07, 6.45) is 3.59. The number of para-hydroxylation sites is 1. The number of likely N-dealkylation sites (tertiary alicyclic amines) is 1. The molecule has 1 fully saturated rings. The van der Waals surface area contributed by atoms with Gasteiger partial charge >= 0.3 is 0 Å². The molecule has 0 saturated carbocycles. The fourth-order valence-electron chi connectivity index (χ4n) is 3.06. The third kappa shape index (κ3) is 3.06. The third-order valence-electron chi connectivity index (χ3n) is 4.34. The number of oxime groups is 1. The van der Waals surface area contributed by atoms with Gasteiger partial charge in [0.15, 0.2) is 0 Å². The van der Waals surface area contributed by atoms with E-state index in [0.717, 1.165) is 0 Å². The van der Waals surface area contributed by atoms with Gasteiger partial charge < -0.3 is 14.5 Å². The average molecular weight is 315 g/mol. The molecule has 1 aromatic rings. The molecule has 0 aliphatic carbocycles. The summed E-state index contributed by atoms with van der Waals surface area (Å²) in [5.41, 5.74) is 0.463. The van der Waals surface area contributed by atoms with Crippen LogP contribution in [-0.4, -0.2) is 48.1 Å². The van der Waals surface area contributed by atoms with Crippen LogP contribution in [0.4, 0.5) is 0 Å². The summed E-state index contributed by atoms with van der Waals surface area (Å²) in [6, 6.07) is 7.28. The number of ether oxygens (including phenoxy) is 1. The fraction of sp³-hybridized carbons (Fsp3) is 0.471. The minimum Gasteiger partial charge on any atom is -0.493 e. The monoisotopic (exact) mass is 315 g/mol. The van der Waals surface area contributed by atoms with E-state index >= 15 is 0 Å². The maximum Gasteiger partial charge on any atom is 0.257 e. The van der Waals surface area contributed by atoms with Crippen molar-refractivity contribution in [2.75, 3.05) is 19.7 Å². The second kappa shape index (κ2) is 6.40. The summed E-state index contributed by atoms with van der Waals surface area (Å²) >= 11 is 0. The van der Waals surface area contributed by atoms with Crippen LogP contribution >= 0.6 is 0 Å². The Hall–Kier alpha value is -2.37. The van der Waals surface area contributed by atoms with Gasteiger partial charge in [0.05, 0.1) is 12.2 Å². The fourth-order valence-corrected chi connectivity index (χ4v) is 3.06. The number of benzene rings is 1. The SMILES string of the molecule is CCOc1ccccc1C(=O)N1CCC2(CC1)CC([C]=O)=NO2. The van der Waals surface area contributed by atoms with E-state index < -0.39 is 5.60 Å². The Labute approximate surface area is 135 Å². The number of hydrogen-bond acceptors (Lipinski definition) is 5. The first kappa shape index (κ1) is 15.5. The molecule has 2 aliphatic rings. The van der Waals surface area contributed by atoms with Gasteiger partial charge in [-0.15, -0.1) is 0 Å². The number of piperidine rings is 1. The highest BCUT2D eigenvalue weighted by Gasteiger charge is 2.43. The van der Waals surface area contributed by atoms with Crippen molar-refractivity contribution >= 4 is 17.9 Å². The van der Waals surface area contributed by atoms with Gasteiger partial charge in [0.1, 0.15) is 17.1 Å². The highest BCUT2D eigenvalue weighted by atomic mass is 16.7. The van der Waals surface area contributed by atoms with E-state index in [0.29, 0.717) is 56.0 Å². The number of hydrogen-bond donors (Lipinski definition) is 0. The highest BCUT2D eigenvalue weighted by molar-refractivity contribution is 6.29. The lowest BCUT2D eigenvalue weighted by atomic mass is 9.87. The topological polar surface area (TPSA) is 68.2 Å². The molecule has 1 spiro atoms. The van der Waals surface area contributed by atoms with Crippen LogP contribution in [0.15, 0.2) is 29.4 Å². The van der Waals surface area contributed by atoms with Crippen molar-refractivity contribution in [3.05, 3.63) is 29.8 Å². The second-order valence-corrected chi connectivity index (χ2v) is 5.81. The minimum absolute atomic E-state index is 0.0370. The lowest BCUT2D eigenvalue weighted by Crippen LogP contribution is -2.46. The summed E-state index contributed by atoms with van der Waals surface area (Å²) in [5.74, 6) is 0.573. The largest absolute Gasteiger partial charge is 0.493 e. The van der Waals surface area contributed by atoms with Crippen LogP contribution < -0.4 is 4.74 Å². The van der Waals surface area contributed by atoms with E-state index in [-0.39, 0.29) is 5.91 Å². The molecule has 1 saturated heterocycles. The molecule has 0 unspecified atom stereocenters. The molecule has 2 aliphatic heterocycles. The van der Waals surface area contributed by atoms with E-state index in [4.69, 9.17) is 9.57 Å². The van der Waals surface area contributed by atoms with Crippen LogP contribution in [-0.2, 0) is 9.63 Å². The smallest absolute Gasteiger partial charge is 0.257 e. The zero-order valence-corrected chi connectivity index (χ0v) is 13.1. The Bertz CT molecular complexity index is 633. The van der Waals surface area contributed by atoms with Gasteiger partial charge in [0, 0.05) is 32.4 Å². The number of carbonyl (C=O) groups is 1. The van der Waals surface area contributed by atoms with E-state index in [1.807, 2.05) is 25.1 Å². The normalized spacial score (nSPS) is 19.2. The molecule has 3 rings (SSSR count). The Balaban J connectivity index is 1.66. The Morgan fingerprint density at radius 1 is 1.39 bits per heavy atom. The molecule has 2 heterocycles. The number of carbonyl (C=O) groups excluding carboxylic acids is 2. The Morgan fingerprint density at radius 2 is 2.13 bits per heavy atom. The summed E-state index contributed by atoms with van der Waals surface area (Å²) in [4.78, 5) is 30.7. The molecular formula is C17H19N2O4. The Morgan fingerprint density at radius 3 is 2.78 bits per heavy atom. The zero-order valence-electron chi connectivity index (χ0n) is 13.1. The molecule has 0 aromatic heterocycles. The van der Waals surface area contributed by atoms with Gasteiger partial charge in [0.25, 0.3) is 12.2 Å². The molecular weight excluding hydrogens is 296 g/mol. The van der Waals surface area contributed by atoms with E-state index in [1.54, 1.807) is 17.3 Å². The van der Waals surface area contributed by atoms with Gasteiger partial charge in [-0.1, -0.05) is 17.3 Å². The quantitative estimate of drug-likeness (QED) is 0.851. The zero-order chi connectivity index (χ0) is 16.3. The third-order valence-corrected chi connectivity index (χ3v) is 4.34. The molecule has 6 nitrogen and oxygen atoms in total. The second-order valence-electron chi connectivity index (χ2n) is 5.81. The van der Waals surface area contributed by atoms with Crippen molar-refractivity contribution in [1.29, 1.82) is 0 Å². The van der Waals surface area contributed by atoms with Gasteiger partial charge in [0.2, 0.25) is 0 Å². The molecule has 23 heavy (non-hydrogen) atoms. The van der Waals surface area contributed by atoms with Crippen LogP contribution in [0.3, 0.4) is 0 Å². The molecule has 1 amide bonds. The summed E-state index contributed by atoms with van der Waals surface area (Å²) in [6.45, 7) is 3.55. The van der Waals surface area contributed by atoms with Crippen molar-refractivity contribution < 1.29 is 19.2 Å². The number of amides is 1. The number of rotatable bonds is 4. The molecule has 121 valence electrons. The van der Waals surface area contributed by atoms with Crippen LogP contribution in [0.5, 0.6) is 5.75 Å². The molecule has 1 aromatic carbocycles. The molecule has 0 bridgehead atoms. The molecule has 1 radical (unpaired) electrons. The number of nitrogens with zero attached hydrogens (tertiary/aromatic N) is 2. The lowest BCUT2D eigenvalue weighted by molar-refractivity contribution is -0.0568. The van der Waals surface area contributed by atoms with Gasteiger partial charge in [-0.2, -0.15) is 0 Å². The first-order valence-electron chi connectivity index (χ1n) is 7.82. The predicted octanol–water partition coefficient (Wildman–Crippen LogP) is 1.95. The van der Waals surface area contributed by atoms with Crippen molar-refractivity contribution in [2.45, 2.75) is 31.8 Å². The average Bonchev–Trinajstić information content (AvgIpc) is 2.99. The van der Waals surface area contributed by atoms with Gasteiger partial charge in [-0.05, 0) is 19.1 Å². The van der Waals surface area contributed by atoms with E-state index in [2.05, 4.69) is 5.16 Å². The van der Waals surface area contributed by atoms with E-state index in [9.17, 15) is 9.59 Å². The predicted molar refractivity (Wildman–Crippen MR) is 84.3 cm³/mol. The van der Waals surface area contributed by atoms with Crippen LogP contribution in [0.1, 0.15) is 36.5 Å². The summed E-state index contributed by atoms with van der Waals surface area (Å²) in [5, 5.41) is 3.77. The van der Waals surface area contributed by atoms with Crippen LogP contribution in [0.2, 0.25) is 0 Å². The van der Waals surface area contributed by atoms with Crippen molar-refractivity contribution in [2.24, 2.45) is 5.16 Å². The minimum atomic E-state index is -0.442. The van der Waals surface area contributed by atoms with Crippen LogP contribution in [0, 0.1) is 0 Å². The lowest BCUT2D eigenvalue weighted by Gasteiger charge is -2.37. The first-order chi connectivity index (χ1) is 11.2. The van der Waals surface area contributed by atoms with E-state index in [1.165, 1.54) is 0 Å². The van der Waals surface area contributed by atoms with Crippen LogP contribution in [0.25, 0.3) is 0 Å². The van der Waals surface area contributed by atoms with Crippen molar-refractivity contribution in [1.82, 2.24) is 4.90 Å².